The predicted molar refractivity (Wildman–Crippen MR) is 106 cm³/mol. The summed E-state index contributed by atoms with van der Waals surface area (Å²) in [5, 5.41) is 11.3. The first-order valence-corrected chi connectivity index (χ1v) is 9.85. The summed E-state index contributed by atoms with van der Waals surface area (Å²) in [6.45, 7) is 3.69. The van der Waals surface area contributed by atoms with Gasteiger partial charge in [0.2, 0.25) is 0 Å². The minimum Gasteiger partial charge on any atom is -0.457 e. The van der Waals surface area contributed by atoms with Crippen LogP contribution in [-0.2, 0) is 10.0 Å². The van der Waals surface area contributed by atoms with Crippen LogP contribution in [0.5, 0.6) is 11.5 Å². The molecule has 0 aliphatic heterocycles. The molecule has 144 valence electrons. The van der Waals surface area contributed by atoms with Crippen LogP contribution >= 0.6 is 0 Å². The number of para-hydroxylation sites is 1. The lowest BCUT2D eigenvalue weighted by Crippen LogP contribution is -2.13. The molecule has 0 spiro atoms. The molecule has 1 N–H and O–H groups in total. The molecule has 0 aromatic heterocycles. The van der Waals surface area contributed by atoms with Gasteiger partial charge in [-0.05, 0) is 37.6 Å². The third-order valence-electron chi connectivity index (χ3n) is 4.01. The molecule has 0 atom stereocenters. The van der Waals surface area contributed by atoms with Crippen molar-refractivity contribution in [3.05, 3.63) is 88.0 Å². The Morgan fingerprint density at radius 3 is 2.29 bits per heavy atom. The van der Waals surface area contributed by atoms with Crippen molar-refractivity contribution in [3.63, 3.8) is 0 Å². The second-order valence-electron chi connectivity index (χ2n) is 6.26. The number of non-ortho nitro benzene ring substituents is 1. The van der Waals surface area contributed by atoms with Gasteiger partial charge in [0.05, 0.1) is 21.6 Å². The van der Waals surface area contributed by atoms with Gasteiger partial charge in [-0.15, -0.1) is 0 Å². The number of anilines is 1. The molecule has 3 aromatic carbocycles. The maximum absolute atomic E-state index is 12.6. The molecule has 0 bridgehead atoms. The minimum absolute atomic E-state index is 0.0401. The number of sulfonamides is 1. The van der Waals surface area contributed by atoms with Crippen molar-refractivity contribution >= 4 is 21.4 Å². The Hall–Kier alpha value is -3.39. The van der Waals surface area contributed by atoms with Gasteiger partial charge in [0, 0.05) is 12.1 Å². The van der Waals surface area contributed by atoms with Gasteiger partial charge in [-0.1, -0.05) is 35.9 Å². The summed E-state index contributed by atoms with van der Waals surface area (Å²) in [6, 6.07) is 17.3. The maximum atomic E-state index is 12.6. The van der Waals surface area contributed by atoms with Gasteiger partial charge in [-0.2, -0.15) is 0 Å². The molecule has 3 aromatic rings. The Kier molecular flexibility index (Phi) is 5.32. The quantitative estimate of drug-likeness (QED) is 0.475. The first-order chi connectivity index (χ1) is 13.2. The van der Waals surface area contributed by atoms with Crippen LogP contribution in [0.4, 0.5) is 11.4 Å². The fraction of sp³-hybridized carbons (Fsp3) is 0.100. The van der Waals surface area contributed by atoms with E-state index in [1.807, 2.05) is 26.0 Å². The lowest BCUT2D eigenvalue weighted by molar-refractivity contribution is -0.384. The molecule has 3 rings (SSSR count). The zero-order chi connectivity index (χ0) is 20.3. The molecule has 8 heteroatoms. The Balaban J connectivity index is 1.96. The zero-order valence-corrected chi connectivity index (χ0v) is 16.1. The van der Waals surface area contributed by atoms with Crippen molar-refractivity contribution in [2.24, 2.45) is 0 Å². The molecule has 0 fully saturated rings. The molecule has 0 heterocycles. The normalized spacial score (nSPS) is 11.1. The highest BCUT2D eigenvalue weighted by Crippen LogP contribution is 2.32. The molecule has 0 aliphatic carbocycles. The average Bonchev–Trinajstić information content (AvgIpc) is 2.63. The van der Waals surface area contributed by atoms with E-state index in [4.69, 9.17) is 4.74 Å². The van der Waals surface area contributed by atoms with Crippen LogP contribution in [0.15, 0.2) is 71.6 Å². The number of benzene rings is 3. The van der Waals surface area contributed by atoms with Crippen LogP contribution in [-0.4, -0.2) is 13.3 Å². The molecule has 0 aliphatic rings. The summed E-state index contributed by atoms with van der Waals surface area (Å²) in [5.41, 5.74) is 1.52. The highest BCUT2D eigenvalue weighted by Gasteiger charge is 2.18. The van der Waals surface area contributed by atoms with E-state index in [1.165, 1.54) is 24.3 Å². The number of nitro groups is 1. The zero-order valence-electron chi connectivity index (χ0n) is 15.2. The highest BCUT2D eigenvalue weighted by atomic mass is 32.2. The summed E-state index contributed by atoms with van der Waals surface area (Å²) in [5.74, 6) is 0.681. The Labute approximate surface area is 162 Å². The maximum Gasteiger partial charge on any atom is 0.275 e. The smallest absolute Gasteiger partial charge is 0.275 e. The molecule has 0 unspecified atom stereocenters. The predicted octanol–water partition coefficient (Wildman–Crippen LogP) is 4.80. The number of rotatable bonds is 6. The number of nitro benzene ring substituents is 1. The van der Waals surface area contributed by atoms with Crippen LogP contribution < -0.4 is 9.46 Å². The van der Waals surface area contributed by atoms with Gasteiger partial charge >= 0.3 is 0 Å². The van der Waals surface area contributed by atoms with Crippen LogP contribution in [0.2, 0.25) is 0 Å². The molecule has 0 saturated heterocycles. The molecular formula is C20H18N2O5S. The Morgan fingerprint density at radius 1 is 0.964 bits per heavy atom. The van der Waals surface area contributed by atoms with Gasteiger partial charge in [0.1, 0.15) is 11.5 Å². The second kappa shape index (κ2) is 7.69. The van der Waals surface area contributed by atoms with Crippen LogP contribution in [0.25, 0.3) is 0 Å². The topological polar surface area (TPSA) is 98.5 Å². The first kappa shape index (κ1) is 19.4. The van der Waals surface area contributed by atoms with E-state index < -0.39 is 14.9 Å². The fourth-order valence-corrected chi connectivity index (χ4v) is 3.58. The number of hydrogen-bond donors (Lipinski definition) is 1. The van der Waals surface area contributed by atoms with Crippen LogP contribution in [0.1, 0.15) is 11.1 Å². The van der Waals surface area contributed by atoms with Crippen molar-refractivity contribution in [1.82, 2.24) is 0 Å². The molecule has 0 amide bonds. The molecular weight excluding hydrogens is 380 g/mol. The average molecular weight is 398 g/mol. The third-order valence-corrected chi connectivity index (χ3v) is 5.40. The summed E-state index contributed by atoms with van der Waals surface area (Å²) in [4.78, 5) is 10.7. The molecule has 28 heavy (non-hydrogen) atoms. The van der Waals surface area contributed by atoms with Crippen molar-refractivity contribution in [2.45, 2.75) is 18.7 Å². The number of nitrogens with one attached hydrogen (secondary N) is 1. The number of aryl methyl sites for hydroxylation is 2. The summed E-state index contributed by atoms with van der Waals surface area (Å²) >= 11 is 0. The Bertz CT molecular complexity index is 1130. The van der Waals surface area contributed by atoms with Gasteiger partial charge in [-0.3, -0.25) is 14.8 Å². The Morgan fingerprint density at radius 2 is 1.64 bits per heavy atom. The number of hydrogen-bond acceptors (Lipinski definition) is 5. The van der Waals surface area contributed by atoms with Crippen LogP contribution in [0, 0.1) is 24.0 Å². The highest BCUT2D eigenvalue weighted by molar-refractivity contribution is 7.92. The van der Waals surface area contributed by atoms with E-state index in [2.05, 4.69) is 4.72 Å². The summed E-state index contributed by atoms with van der Waals surface area (Å²) in [7, 11) is -3.90. The van der Waals surface area contributed by atoms with E-state index in [0.29, 0.717) is 5.75 Å². The van der Waals surface area contributed by atoms with Crippen molar-refractivity contribution < 1.29 is 18.1 Å². The van der Waals surface area contributed by atoms with Crippen molar-refractivity contribution in [2.75, 3.05) is 4.72 Å². The molecule has 0 saturated carbocycles. The largest absolute Gasteiger partial charge is 0.457 e. The summed E-state index contributed by atoms with van der Waals surface area (Å²) < 4.78 is 33.3. The SMILES string of the molecule is Cc1ccc(S(=O)(=O)Nc2cc(Oc3ccccc3C)cc([N+](=O)[O-])c2)cc1. The standard InChI is InChI=1S/C20H18N2O5S/c1-14-7-9-19(10-8-14)28(25,26)21-16-11-17(22(23)24)13-18(12-16)27-20-6-4-3-5-15(20)2/h3-13,21H,1-2H3. The van der Waals surface area contributed by atoms with Crippen molar-refractivity contribution in [1.29, 1.82) is 0 Å². The monoisotopic (exact) mass is 398 g/mol. The van der Waals surface area contributed by atoms with Gasteiger partial charge in [0.25, 0.3) is 15.7 Å². The van der Waals surface area contributed by atoms with Gasteiger partial charge in [0.15, 0.2) is 0 Å². The lowest BCUT2D eigenvalue weighted by atomic mass is 10.2. The molecule has 7 nitrogen and oxygen atoms in total. The van der Waals surface area contributed by atoms with E-state index in [-0.39, 0.29) is 22.0 Å². The van der Waals surface area contributed by atoms with Gasteiger partial charge in [-0.25, -0.2) is 8.42 Å². The van der Waals surface area contributed by atoms with Gasteiger partial charge < -0.3 is 4.74 Å². The van der Waals surface area contributed by atoms with Crippen molar-refractivity contribution in [3.8, 4) is 11.5 Å². The second-order valence-corrected chi connectivity index (χ2v) is 7.94. The van der Waals surface area contributed by atoms with E-state index >= 15 is 0 Å². The lowest BCUT2D eigenvalue weighted by Gasteiger charge is -2.12. The number of ether oxygens (including phenoxy) is 1. The van der Waals surface area contributed by atoms with E-state index in [0.717, 1.165) is 17.2 Å². The first-order valence-electron chi connectivity index (χ1n) is 8.37. The van der Waals surface area contributed by atoms with E-state index in [9.17, 15) is 18.5 Å². The van der Waals surface area contributed by atoms with Crippen LogP contribution in [0.3, 0.4) is 0 Å². The van der Waals surface area contributed by atoms with E-state index in [1.54, 1.807) is 24.3 Å². The summed E-state index contributed by atoms with van der Waals surface area (Å²) in [6.07, 6.45) is 0. The molecule has 0 radical (unpaired) electrons. The third kappa shape index (κ3) is 4.47. The number of nitrogens with zero attached hydrogens (tertiary/aromatic N) is 1. The minimum atomic E-state index is -3.90. The fourth-order valence-electron chi connectivity index (χ4n) is 2.54.